The lowest BCUT2D eigenvalue weighted by Crippen LogP contribution is -2.43. The largest absolute Gasteiger partial charge is 0.396 e. The highest BCUT2D eigenvalue weighted by Gasteiger charge is 2.17. The van der Waals surface area contributed by atoms with Gasteiger partial charge in [0.2, 0.25) is 0 Å². The summed E-state index contributed by atoms with van der Waals surface area (Å²) in [5, 5.41) is 12.3. The molecule has 84 valence electrons. The molecule has 0 aliphatic carbocycles. The highest BCUT2D eigenvalue weighted by Crippen LogP contribution is 2.08. The van der Waals surface area contributed by atoms with Gasteiger partial charge >= 0.3 is 0 Å². The maximum atomic E-state index is 8.86. The van der Waals surface area contributed by atoms with E-state index < -0.39 is 0 Å². The summed E-state index contributed by atoms with van der Waals surface area (Å²) in [7, 11) is 0. The first-order valence-corrected chi connectivity index (χ1v) is 5.72. The van der Waals surface area contributed by atoms with E-state index in [1.165, 1.54) is 25.9 Å². The van der Waals surface area contributed by atoms with Gasteiger partial charge in [-0.05, 0) is 46.2 Å². The monoisotopic (exact) mass is 200 g/mol. The molecule has 1 fully saturated rings. The molecular formula is C11H24N2O. The molecule has 14 heavy (non-hydrogen) atoms. The molecule has 1 rings (SSSR count). The zero-order valence-corrected chi connectivity index (χ0v) is 9.55. The third-order valence-corrected chi connectivity index (χ3v) is 2.97. The van der Waals surface area contributed by atoms with Crippen LogP contribution < -0.4 is 5.32 Å². The molecule has 1 aliphatic rings. The minimum Gasteiger partial charge on any atom is -0.396 e. The first kappa shape index (κ1) is 12.0. The molecule has 0 aromatic rings. The van der Waals surface area contributed by atoms with Gasteiger partial charge in [-0.15, -0.1) is 0 Å². The van der Waals surface area contributed by atoms with Crippen molar-refractivity contribution in [3.05, 3.63) is 0 Å². The SMILES string of the molecule is CC(C)(CCO)NCCN1CCCC1. The van der Waals surface area contributed by atoms with Crippen LogP contribution in [0.25, 0.3) is 0 Å². The van der Waals surface area contributed by atoms with Gasteiger partial charge in [0.05, 0.1) is 0 Å². The topological polar surface area (TPSA) is 35.5 Å². The first-order chi connectivity index (χ1) is 6.64. The van der Waals surface area contributed by atoms with Crippen molar-refractivity contribution >= 4 is 0 Å². The molecule has 1 heterocycles. The molecule has 0 aromatic carbocycles. The van der Waals surface area contributed by atoms with E-state index in [-0.39, 0.29) is 12.1 Å². The van der Waals surface area contributed by atoms with Crippen LogP contribution in [0.3, 0.4) is 0 Å². The van der Waals surface area contributed by atoms with Crippen molar-refractivity contribution in [2.45, 2.75) is 38.6 Å². The van der Waals surface area contributed by atoms with E-state index in [0.717, 1.165) is 19.5 Å². The van der Waals surface area contributed by atoms with Crippen LogP contribution in [0.15, 0.2) is 0 Å². The maximum Gasteiger partial charge on any atom is 0.0448 e. The average molecular weight is 200 g/mol. The van der Waals surface area contributed by atoms with Gasteiger partial charge in [0.25, 0.3) is 0 Å². The van der Waals surface area contributed by atoms with Gasteiger partial charge in [-0.3, -0.25) is 0 Å². The summed E-state index contributed by atoms with van der Waals surface area (Å²) in [6.45, 7) is 9.27. The normalized spacial score (nSPS) is 19.1. The number of rotatable bonds is 6. The Labute approximate surface area is 87.5 Å². The third-order valence-electron chi connectivity index (χ3n) is 2.97. The molecule has 0 bridgehead atoms. The van der Waals surface area contributed by atoms with E-state index in [4.69, 9.17) is 5.11 Å². The van der Waals surface area contributed by atoms with Gasteiger partial charge in [-0.2, -0.15) is 0 Å². The lowest BCUT2D eigenvalue weighted by molar-refractivity contribution is 0.224. The van der Waals surface area contributed by atoms with E-state index in [1.54, 1.807) is 0 Å². The lowest BCUT2D eigenvalue weighted by Gasteiger charge is -2.27. The smallest absolute Gasteiger partial charge is 0.0448 e. The summed E-state index contributed by atoms with van der Waals surface area (Å²) in [5.74, 6) is 0. The predicted octanol–water partition coefficient (Wildman–Crippen LogP) is 0.833. The summed E-state index contributed by atoms with van der Waals surface area (Å²) in [6.07, 6.45) is 3.55. The van der Waals surface area contributed by atoms with E-state index in [1.807, 2.05) is 0 Å². The van der Waals surface area contributed by atoms with Crippen LogP contribution in [-0.2, 0) is 0 Å². The van der Waals surface area contributed by atoms with Gasteiger partial charge in [-0.25, -0.2) is 0 Å². The Bertz CT molecular complexity index is 153. The highest BCUT2D eigenvalue weighted by molar-refractivity contribution is 4.78. The second kappa shape index (κ2) is 5.69. The maximum absolute atomic E-state index is 8.86. The van der Waals surface area contributed by atoms with E-state index in [9.17, 15) is 0 Å². The zero-order chi connectivity index (χ0) is 10.4. The Morgan fingerprint density at radius 2 is 1.93 bits per heavy atom. The minimum atomic E-state index is 0.0779. The molecule has 0 amide bonds. The standard InChI is InChI=1S/C11H24N2O/c1-11(2,5-10-14)12-6-9-13-7-3-4-8-13/h12,14H,3-10H2,1-2H3. The number of hydrogen-bond donors (Lipinski definition) is 2. The van der Waals surface area contributed by atoms with Gasteiger partial charge in [0.15, 0.2) is 0 Å². The molecule has 3 heteroatoms. The van der Waals surface area contributed by atoms with Crippen molar-refractivity contribution < 1.29 is 5.11 Å². The van der Waals surface area contributed by atoms with Crippen molar-refractivity contribution in [1.82, 2.24) is 10.2 Å². The van der Waals surface area contributed by atoms with Crippen LogP contribution in [0.4, 0.5) is 0 Å². The van der Waals surface area contributed by atoms with Crippen molar-refractivity contribution in [3.8, 4) is 0 Å². The summed E-state index contributed by atoms with van der Waals surface area (Å²) in [4.78, 5) is 2.50. The third kappa shape index (κ3) is 4.40. The molecule has 3 nitrogen and oxygen atoms in total. The fourth-order valence-electron chi connectivity index (χ4n) is 1.93. The van der Waals surface area contributed by atoms with E-state index in [2.05, 4.69) is 24.1 Å². The van der Waals surface area contributed by atoms with Crippen LogP contribution in [0.2, 0.25) is 0 Å². The fraction of sp³-hybridized carbons (Fsp3) is 1.00. The molecular weight excluding hydrogens is 176 g/mol. The number of hydrogen-bond acceptors (Lipinski definition) is 3. The first-order valence-electron chi connectivity index (χ1n) is 5.72. The molecule has 0 aromatic heterocycles. The molecule has 1 aliphatic heterocycles. The zero-order valence-electron chi connectivity index (χ0n) is 9.55. The van der Waals surface area contributed by atoms with E-state index >= 15 is 0 Å². The Balaban J connectivity index is 2.07. The van der Waals surface area contributed by atoms with Crippen LogP contribution >= 0.6 is 0 Å². The molecule has 0 unspecified atom stereocenters. The van der Waals surface area contributed by atoms with Crippen LogP contribution in [0.5, 0.6) is 0 Å². The second-order valence-corrected chi connectivity index (χ2v) is 4.83. The van der Waals surface area contributed by atoms with Crippen molar-refractivity contribution in [2.75, 3.05) is 32.8 Å². The number of aliphatic hydroxyl groups is 1. The lowest BCUT2D eigenvalue weighted by atomic mass is 10.0. The summed E-state index contributed by atoms with van der Waals surface area (Å²) >= 11 is 0. The Kier molecular flexibility index (Phi) is 4.85. The Morgan fingerprint density at radius 3 is 2.50 bits per heavy atom. The Hall–Kier alpha value is -0.120. The van der Waals surface area contributed by atoms with Crippen LogP contribution in [0.1, 0.15) is 33.1 Å². The quantitative estimate of drug-likeness (QED) is 0.667. The van der Waals surface area contributed by atoms with Gasteiger partial charge < -0.3 is 15.3 Å². The van der Waals surface area contributed by atoms with Crippen molar-refractivity contribution in [1.29, 1.82) is 0 Å². The van der Waals surface area contributed by atoms with Gasteiger partial charge in [0, 0.05) is 25.2 Å². The van der Waals surface area contributed by atoms with Crippen LogP contribution in [-0.4, -0.2) is 48.3 Å². The number of likely N-dealkylation sites (tertiary alicyclic amines) is 1. The summed E-state index contributed by atoms with van der Waals surface area (Å²) < 4.78 is 0. The molecule has 1 saturated heterocycles. The van der Waals surface area contributed by atoms with Gasteiger partial charge in [0.1, 0.15) is 0 Å². The second-order valence-electron chi connectivity index (χ2n) is 4.83. The van der Waals surface area contributed by atoms with Gasteiger partial charge in [-0.1, -0.05) is 0 Å². The minimum absolute atomic E-state index is 0.0779. The average Bonchev–Trinajstić information content (AvgIpc) is 2.56. The summed E-state index contributed by atoms with van der Waals surface area (Å²) in [6, 6.07) is 0. The fourth-order valence-corrected chi connectivity index (χ4v) is 1.93. The Morgan fingerprint density at radius 1 is 1.29 bits per heavy atom. The van der Waals surface area contributed by atoms with Crippen LogP contribution in [0, 0.1) is 0 Å². The molecule has 0 radical (unpaired) electrons. The molecule has 0 atom stereocenters. The molecule has 2 N–H and O–H groups in total. The molecule has 0 spiro atoms. The predicted molar refractivity (Wildman–Crippen MR) is 59.5 cm³/mol. The van der Waals surface area contributed by atoms with E-state index in [0.29, 0.717) is 0 Å². The molecule has 0 saturated carbocycles. The van der Waals surface area contributed by atoms with Crippen molar-refractivity contribution in [3.63, 3.8) is 0 Å². The number of nitrogens with one attached hydrogen (secondary N) is 1. The highest BCUT2D eigenvalue weighted by atomic mass is 16.3. The number of nitrogens with zero attached hydrogens (tertiary/aromatic N) is 1. The summed E-state index contributed by atoms with van der Waals surface area (Å²) in [5.41, 5.74) is 0.0779. The van der Waals surface area contributed by atoms with Crippen molar-refractivity contribution in [2.24, 2.45) is 0 Å². The number of aliphatic hydroxyl groups excluding tert-OH is 1.